The van der Waals surface area contributed by atoms with Crippen LogP contribution in [0.3, 0.4) is 0 Å². The van der Waals surface area contributed by atoms with Crippen molar-refractivity contribution in [2.24, 2.45) is 10.9 Å². The Morgan fingerprint density at radius 3 is 2.68 bits per heavy atom. The molecule has 2 atom stereocenters. The number of halogens is 2. The van der Waals surface area contributed by atoms with Gasteiger partial charge in [-0.3, -0.25) is 4.79 Å². The van der Waals surface area contributed by atoms with Gasteiger partial charge in [0.1, 0.15) is 11.7 Å². The van der Waals surface area contributed by atoms with Crippen LogP contribution in [0.1, 0.15) is 25.3 Å². The van der Waals surface area contributed by atoms with Crippen LogP contribution in [-0.4, -0.2) is 23.8 Å². The third kappa shape index (κ3) is 4.90. The van der Waals surface area contributed by atoms with Gasteiger partial charge in [0.15, 0.2) is 0 Å². The van der Waals surface area contributed by atoms with E-state index < -0.39 is 11.8 Å². The van der Waals surface area contributed by atoms with E-state index in [1.54, 1.807) is 43.3 Å². The number of para-hydroxylation sites is 2. The summed E-state index contributed by atoms with van der Waals surface area (Å²) < 4.78 is 5.35. The third-order valence-corrected chi connectivity index (χ3v) is 6.40. The predicted molar refractivity (Wildman–Crippen MR) is 128 cm³/mol. The van der Waals surface area contributed by atoms with E-state index in [-0.39, 0.29) is 5.91 Å². The SMILES string of the molecule is CCSC1=NC(C)=C(C(=O)Nc2ccccc2OC)C(c2ccc(Cl)cc2Cl)C1C#N. The summed E-state index contributed by atoms with van der Waals surface area (Å²) in [5, 5.41) is 14.5. The molecule has 160 valence electrons. The van der Waals surface area contributed by atoms with Crippen molar-refractivity contribution < 1.29 is 9.53 Å². The lowest BCUT2D eigenvalue weighted by Crippen LogP contribution is -2.31. The fourth-order valence-electron chi connectivity index (χ4n) is 3.56. The summed E-state index contributed by atoms with van der Waals surface area (Å²) in [5.41, 5.74) is 2.13. The van der Waals surface area contributed by atoms with Gasteiger partial charge >= 0.3 is 0 Å². The van der Waals surface area contributed by atoms with E-state index in [2.05, 4.69) is 16.4 Å². The molecule has 1 aliphatic rings. The minimum absolute atomic E-state index is 0.359. The highest BCUT2D eigenvalue weighted by Crippen LogP contribution is 2.44. The number of hydrogen-bond donors (Lipinski definition) is 1. The van der Waals surface area contributed by atoms with Crippen molar-refractivity contribution in [3.8, 4) is 11.8 Å². The normalized spacial score (nSPS) is 18.3. The van der Waals surface area contributed by atoms with E-state index in [4.69, 9.17) is 27.9 Å². The molecule has 1 aliphatic heterocycles. The molecule has 1 N–H and O–H groups in total. The van der Waals surface area contributed by atoms with E-state index in [1.807, 2.05) is 13.0 Å². The van der Waals surface area contributed by atoms with Gasteiger partial charge in [0.2, 0.25) is 0 Å². The Bertz CT molecular complexity index is 1110. The number of carbonyl (C=O) groups excluding carboxylic acids is 1. The van der Waals surface area contributed by atoms with Gasteiger partial charge in [-0.1, -0.05) is 48.3 Å². The number of nitrogens with one attached hydrogen (secondary N) is 1. The molecule has 0 saturated carbocycles. The van der Waals surface area contributed by atoms with E-state index in [0.29, 0.717) is 43.4 Å². The summed E-state index contributed by atoms with van der Waals surface area (Å²) >= 11 is 14.1. The smallest absolute Gasteiger partial charge is 0.254 e. The molecule has 1 amide bonds. The zero-order valence-corrected chi connectivity index (χ0v) is 19.6. The summed E-state index contributed by atoms with van der Waals surface area (Å²) in [6.45, 7) is 3.77. The monoisotopic (exact) mass is 473 g/mol. The maximum Gasteiger partial charge on any atom is 0.254 e. The lowest BCUT2D eigenvalue weighted by Gasteiger charge is -2.31. The number of thioether (sulfide) groups is 1. The highest BCUT2D eigenvalue weighted by molar-refractivity contribution is 8.14. The van der Waals surface area contributed by atoms with Crippen LogP contribution < -0.4 is 10.1 Å². The standard InChI is InChI=1S/C23H21Cl2N3O2S/c1-4-31-23-16(12-26)21(15-10-9-14(24)11-17(15)25)20(13(2)27-23)22(29)28-18-7-5-6-8-19(18)30-3/h5-11,16,21H,4H2,1-3H3,(H,28,29). The minimum Gasteiger partial charge on any atom is -0.495 e. The quantitative estimate of drug-likeness (QED) is 0.552. The number of methoxy groups -OCH3 is 1. The molecule has 3 rings (SSSR count). The third-order valence-electron chi connectivity index (χ3n) is 4.91. The molecule has 5 nitrogen and oxygen atoms in total. The first-order chi connectivity index (χ1) is 14.9. The Morgan fingerprint density at radius 2 is 2.03 bits per heavy atom. The summed E-state index contributed by atoms with van der Waals surface area (Å²) in [5.74, 6) is -0.299. The van der Waals surface area contributed by atoms with Gasteiger partial charge < -0.3 is 10.1 Å². The number of hydrogen-bond acceptors (Lipinski definition) is 5. The molecule has 0 fully saturated rings. The molecule has 0 aromatic heterocycles. The van der Waals surface area contributed by atoms with Crippen LogP contribution in [0.4, 0.5) is 5.69 Å². The molecule has 2 aromatic rings. The molecule has 2 aromatic carbocycles. The predicted octanol–water partition coefficient (Wildman–Crippen LogP) is 6.30. The van der Waals surface area contributed by atoms with Gasteiger partial charge in [-0.15, -0.1) is 11.8 Å². The molecule has 2 unspecified atom stereocenters. The number of allylic oxidation sites excluding steroid dienone is 1. The van der Waals surface area contributed by atoms with E-state index in [9.17, 15) is 10.1 Å². The van der Waals surface area contributed by atoms with Crippen LogP contribution in [0.15, 0.2) is 58.7 Å². The number of anilines is 1. The van der Waals surface area contributed by atoms with E-state index >= 15 is 0 Å². The van der Waals surface area contributed by atoms with Gasteiger partial charge in [-0.05, 0) is 42.5 Å². The molecule has 0 aliphatic carbocycles. The molecule has 31 heavy (non-hydrogen) atoms. The Hall–Kier alpha value is -2.46. The highest BCUT2D eigenvalue weighted by atomic mass is 35.5. The van der Waals surface area contributed by atoms with Crippen molar-refractivity contribution in [1.82, 2.24) is 0 Å². The highest BCUT2D eigenvalue weighted by Gasteiger charge is 2.39. The van der Waals surface area contributed by atoms with Crippen LogP contribution in [0.25, 0.3) is 0 Å². The lowest BCUT2D eigenvalue weighted by molar-refractivity contribution is -0.113. The van der Waals surface area contributed by atoms with Crippen LogP contribution in [-0.2, 0) is 4.79 Å². The first kappa shape index (κ1) is 23.2. The average molecular weight is 474 g/mol. The molecule has 0 bridgehead atoms. The Kier molecular flexibility index (Phi) is 7.66. The molecule has 0 saturated heterocycles. The number of amides is 1. The molecule has 0 spiro atoms. The van der Waals surface area contributed by atoms with Crippen molar-refractivity contribution in [3.05, 3.63) is 69.3 Å². The van der Waals surface area contributed by atoms with Crippen molar-refractivity contribution in [2.75, 3.05) is 18.2 Å². The van der Waals surface area contributed by atoms with Gasteiger partial charge in [0.25, 0.3) is 5.91 Å². The average Bonchev–Trinajstić information content (AvgIpc) is 2.74. The fraction of sp³-hybridized carbons (Fsp3) is 0.261. The second kappa shape index (κ2) is 10.2. The van der Waals surface area contributed by atoms with Crippen molar-refractivity contribution in [2.45, 2.75) is 19.8 Å². The summed E-state index contributed by atoms with van der Waals surface area (Å²) in [4.78, 5) is 18.1. The second-order valence-electron chi connectivity index (χ2n) is 6.79. The number of nitriles is 1. The van der Waals surface area contributed by atoms with Gasteiger partial charge in [-0.25, -0.2) is 4.99 Å². The topological polar surface area (TPSA) is 74.5 Å². The Labute approximate surface area is 196 Å². The first-order valence-electron chi connectivity index (χ1n) is 9.62. The van der Waals surface area contributed by atoms with Crippen molar-refractivity contribution in [1.29, 1.82) is 5.26 Å². The molecule has 8 heteroatoms. The molecular formula is C23H21Cl2N3O2S. The fourth-order valence-corrected chi connectivity index (χ4v) is 4.95. The summed E-state index contributed by atoms with van der Waals surface area (Å²) in [6.07, 6.45) is 0. The van der Waals surface area contributed by atoms with Crippen molar-refractivity contribution in [3.63, 3.8) is 0 Å². The van der Waals surface area contributed by atoms with Gasteiger partial charge in [0, 0.05) is 27.2 Å². The molecular weight excluding hydrogens is 453 g/mol. The zero-order valence-electron chi connectivity index (χ0n) is 17.3. The van der Waals surface area contributed by atoms with Crippen LogP contribution >= 0.6 is 35.0 Å². The van der Waals surface area contributed by atoms with Crippen molar-refractivity contribution >= 4 is 51.6 Å². The van der Waals surface area contributed by atoms with Crippen LogP contribution in [0, 0.1) is 17.2 Å². The van der Waals surface area contributed by atoms with E-state index in [0.717, 1.165) is 5.75 Å². The maximum absolute atomic E-state index is 13.5. The largest absolute Gasteiger partial charge is 0.495 e. The maximum atomic E-state index is 13.5. The number of nitrogens with zero attached hydrogens (tertiary/aromatic N) is 2. The Balaban J connectivity index is 2.13. The minimum atomic E-state index is -0.647. The molecule has 1 heterocycles. The Morgan fingerprint density at radius 1 is 1.29 bits per heavy atom. The zero-order chi connectivity index (χ0) is 22.5. The summed E-state index contributed by atoms with van der Waals surface area (Å²) in [7, 11) is 1.54. The number of rotatable bonds is 5. The first-order valence-corrected chi connectivity index (χ1v) is 11.4. The number of benzene rings is 2. The van der Waals surface area contributed by atoms with E-state index in [1.165, 1.54) is 18.9 Å². The number of carbonyl (C=O) groups is 1. The molecule has 0 radical (unpaired) electrons. The number of aliphatic imine (C=N–C) groups is 1. The van der Waals surface area contributed by atoms with Gasteiger partial charge in [0.05, 0.1) is 23.9 Å². The van der Waals surface area contributed by atoms with Gasteiger partial charge in [-0.2, -0.15) is 5.26 Å². The number of ether oxygens (including phenoxy) is 1. The second-order valence-corrected chi connectivity index (χ2v) is 8.91. The van der Waals surface area contributed by atoms with Crippen LogP contribution in [0.2, 0.25) is 10.0 Å². The van der Waals surface area contributed by atoms with Crippen LogP contribution in [0.5, 0.6) is 5.75 Å². The lowest BCUT2D eigenvalue weighted by atomic mass is 9.78. The summed E-state index contributed by atoms with van der Waals surface area (Å²) in [6, 6.07) is 14.6.